The maximum absolute atomic E-state index is 2.50. The lowest BCUT2D eigenvalue weighted by Gasteiger charge is -2.39. The second-order valence-corrected chi connectivity index (χ2v) is 11.2. The standard InChI is InChI=1S/C15H22Si/c1-15(2,3)14-10-12-8-6-7-9-13(12)11-16(14,4)5/h6-10H,11H2,1-5H3. The maximum atomic E-state index is 2.50. The smallest absolute Gasteiger partial charge is 0.0747 e. The molecule has 0 saturated carbocycles. The van der Waals surface area contributed by atoms with Crippen molar-refractivity contribution >= 4 is 14.1 Å². The first kappa shape index (κ1) is 11.7. The van der Waals surface area contributed by atoms with Gasteiger partial charge in [0, 0.05) is 0 Å². The van der Waals surface area contributed by atoms with E-state index in [-0.39, 0.29) is 0 Å². The quantitative estimate of drug-likeness (QED) is 0.577. The van der Waals surface area contributed by atoms with Gasteiger partial charge >= 0.3 is 0 Å². The molecule has 0 saturated heterocycles. The van der Waals surface area contributed by atoms with Crippen LogP contribution in [0.5, 0.6) is 0 Å². The van der Waals surface area contributed by atoms with Crippen molar-refractivity contribution in [2.75, 3.05) is 0 Å². The maximum Gasteiger partial charge on any atom is 0.0805 e. The number of hydrogen-bond donors (Lipinski definition) is 0. The van der Waals surface area contributed by atoms with Crippen LogP contribution in [0.1, 0.15) is 31.9 Å². The number of benzene rings is 1. The molecule has 0 spiro atoms. The first-order valence-corrected chi connectivity index (χ1v) is 9.32. The molecule has 0 atom stereocenters. The summed E-state index contributed by atoms with van der Waals surface area (Å²) in [5.41, 5.74) is 3.31. The van der Waals surface area contributed by atoms with Gasteiger partial charge in [0.25, 0.3) is 0 Å². The summed E-state index contributed by atoms with van der Waals surface area (Å²) in [6.07, 6.45) is 2.46. The molecule has 0 nitrogen and oxygen atoms in total. The van der Waals surface area contributed by atoms with Crippen molar-refractivity contribution in [1.82, 2.24) is 0 Å². The normalized spacial score (nSPS) is 18.9. The predicted molar refractivity (Wildman–Crippen MR) is 75.1 cm³/mol. The number of fused-ring (bicyclic) bond motifs is 1. The van der Waals surface area contributed by atoms with Crippen LogP contribution in [0, 0.1) is 5.41 Å². The Balaban J connectivity index is 2.56. The van der Waals surface area contributed by atoms with E-state index in [2.05, 4.69) is 64.2 Å². The van der Waals surface area contributed by atoms with Crippen molar-refractivity contribution in [3.05, 3.63) is 40.6 Å². The van der Waals surface area contributed by atoms with E-state index in [0.29, 0.717) is 5.41 Å². The third kappa shape index (κ3) is 2.01. The molecule has 1 heterocycles. The minimum absolute atomic E-state index is 0.323. The molecule has 86 valence electrons. The Labute approximate surface area is 100 Å². The van der Waals surface area contributed by atoms with Gasteiger partial charge in [-0.25, -0.2) is 0 Å². The Morgan fingerprint density at radius 3 is 2.31 bits per heavy atom. The fourth-order valence-corrected chi connectivity index (χ4v) is 7.03. The number of allylic oxidation sites excluding steroid dienone is 1. The van der Waals surface area contributed by atoms with Gasteiger partial charge in [0.1, 0.15) is 0 Å². The zero-order valence-electron chi connectivity index (χ0n) is 11.1. The lowest BCUT2D eigenvalue weighted by Crippen LogP contribution is -2.40. The summed E-state index contributed by atoms with van der Waals surface area (Å²) >= 11 is 0. The third-order valence-corrected chi connectivity index (χ3v) is 7.14. The highest BCUT2D eigenvalue weighted by atomic mass is 28.3. The van der Waals surface area contributed by atoms with Crippen LogP contribution in [0.2, 0.25) is 13.1 Å². The molecule has 0 radical (unpaired) electrons. The molecule has 0 amide bonds. The molecule has 1 aliphatic heterocycles. The fourth-order valence-electron chi connectivity index (χ4n) is 2.99. The van der Waals surface area contributed by atoms with Gasteiger partial charge in [0.15, 0.2) is 0 Å². The van der Waals surface area contributed by atoms with Crippen molar-refractivity contribution in [3.63, 3.8) is 0 Å². The summed E-state index contributed by atoms with van der Waals surface area (Å²) in [5.74, 6) is 0. The van der Waals surface area contributed by atoms with Crippen LogP contribution in [0.15, 0.2) is 29.5 Å². The highest BCUT2D eigenvalue weighted by Crippen LogP contribution is 2.40. The zero-order chi connectivity index (χ0) is 12.0. The number of hydrogen-bond acceptors (Lipinski definition) is 0. The molecule has 0 aliphatic carbocycles. The summed E-state index contributed by atoms with van der Waals surface area (Å²) in [6.45, 7) is 12.0. The summed E-state index contributed by atoms with van der Waals surface area (Å²) < 4.78 is 0. The van der Waals surface area contributed by atoms with Crippen LogP contribution in [0.3, 0.4) is 0 Å². The number of rotatable bonds is 0. The molecule has 16 heavy (non-hydrogen) atoms. The van der Waals surface area contributed by atoms with Gasteiger partial charge in [-0.15, -0.1) is 0 Å². The van der Waals surface area contributed by atoms with Gasteiger partial charge < -0.3 is 0 Å². The summed E-state index contributed by atoms with van der Waals surface area (Å²) in [5, 5.41) is 1.71. The minimum Gasteiger partial charge on any atom is -0.0747 e. The average Bonchev–Trinajstić information content (AvgIpc) is 2.13. The largest absolute Gasteiger partial charge is 0.0805 e. The molecule has 0 bridgehead atoms. The second-order valence-electron chi connectivity index (χ2n) is 6.57. The summed E-state index contributed by atoms with van der Waals surface area (Å²) in [6, 6.07) is 10.2. The van der Waals surface area contributed by atoms with E-state index >= 15 is 0 Å². The van der Waals surface area contributed by atoms with Crippen molar-refractivity contribution < 1.29 is 0 Å². The van der Waals surface area contributed by atoms with E-state index < -0.39 is 8.07 Å². The van der Waals surface area contributed by atoms with Crippen LogP contribution in [-0.2, 0) is 6.04 Å². The van der Waals surface area contributed by atoms with Gasteiger partial charge in [-0.3, -0.25) is 0 Å². The van der Waals surface area contributed by atoms with Crippen LogP contribution in [0.4, 0.5) is 0 Å². The van der Waals surface area contributed by atoms with E-state index in [9.17, 15) is 0 Å². The van der Waals surface area contributed by atoms with E-state index in [1.807, 2.05) is 0 Å². The van der Waals surface area contributed by atoms with E-state index in [1.54, 1.807) is 10.8 Å². The molecule has 1 aromatic rings. The molecule has 0 aromatic heterocycles. The topological polar surface area (TPSA) is 0 Å². The lowest BCUT2D eigenvalue weighted by molar-refractivity contribution is 0.527. The zero-order valence-corrected chi connectivity index (χ0v) is 12.1. The molecule has 1 heteroatoms. The van der Waals surface area contributed by atoms with Crippen LogP contribution < -0.4 is 0 Å². The Morgan fingerprint density at radius 1 is 1.06 bits per heavy atom. The average molecular weight is 230 g/mol. The Hall–Kier alpha value is -0.823. The van der Waals surface area contributed by atoms with Gasteiger partial charge in [0.2, 0.25) is 0 Å². The predicted octanol–water partition coefficient (Wildman–Crippen LogP) is 4.46. The Morgan fingerprint density at radius 2 is 1.69 bits per heavy atom. The van der Waals surface area contributed by atoms with Gasteiger partial charge in [-0.2, -0.15) is 0 Å². The molecular weight excluding hydrogens is 208 g/mol. The second kappa shape index (κ2) is 3.59. The SMILES string of the molecule is CC(C)(C)C1=Cc2ccccc2C[Si]1(C)C. The highest BCUT2D eigenvalue weighted by Gasteiger charge is 2.36. The Kier molecular flexibility index (Phi) is 2.62. The van der Waals surface area contributed by atoms with Gasteiger partial charge in [-0.05, 0) is 22.6 Å². The van der Waals surface area contributed by atoms with E-state index in [0.717, 1.165) is 0 Å². The van der Waals surface area contributed by atoms with Gasteiger partial charge in [0.05, 0.1) is 8.07 Å². The Bertz CT molecular complexity index is 433. The molecule has 1 aromatic carbocycles. The first-order chi connectivity index (χ1) is 7.31. The van der Waals surface area contributed by atoms with Crippen LogP contribution >= 0.6 is 0 Å². The van der Waals surface area contributed by atoms with E-state index in [4.69, 9.17) is 0 Å². The monoisotopic (exact) mass is 230 g/mol. The van der Waals surface area contributed by atoms with E-state index in [1.165, 1.54) is 11.6 Å². The van der Waals surface area contributed by atoms with Crippen LogP contribution in [-0.4, -0.2) is 8.07 Å². The molecule has 0 unspecified atom stereocenters. The summed E-state index contributed by atoms with van der Waals surface area (Å²) in [7, 11) is -1.25. The van der Waals surface area contributed by atoms with Crippen molar-refractivity contribution in [1.29, 1.82) is 0 Å². The molecule has 0 N–H and O–H groups in total. The first-order valence-electron chi connectivity index (χ1n) is 6.11. The lowest BCUT2D eigenvalue weighted by atomic mass is 9.93. The molecule has 2 rings (SSSR count). The summed E-state index contributed by atoms with van der Waals surface area (Å²) in [4.78, 5) is 0. The third-order valence-electron chi connectivity index (χ3n) is 3.52. The highest BCUT2D eigenvalue weighted by molar-refractivity contribution is 6.85. The molecule has 1 aliphatic rings. The van der Waals surface area contributed by atoms with Crippen molar-refractivity contribution in [2.45, 2.75) is 39.9 Å². The molecular formula is C15H22Si. The van der Waals surface area contributed by atoms with Crippen LogP contribution in [0.25, 0.3) is 6.08 Å². The van der Waals surface area contributed by atoms with Gasteiger partial charge in [-0.1, -0.05) is 69.4 Å². The van der Waals surface area contributed by atoms with Crippen molar-refractivity contribution in [3.8, 4) is 0 Å². The fraction of sp³-hybridized carbons (Fsp3) is 0.467. The minimum atomic E-state index is -1.25. The van der Waals surface area contributed by atoms with Crippen molar-refractivity contribution in [2.24, 2.45) is 5.41 Å². The molecule has 0 fully saturated rings.